The first-order valence-corrected chi connectivity index (χ1v) is 13.0. The summed E-state index contributed by atoms with van der Waals surface area (Å²) in [6.07, 6.45) is 11.6. The van der Waals surface area contributed by atoms with Crippen molar-refractivity contribution in [3.63, 3.8) is 0 Å². The van der Waals surface area contributed by atoms with E-state index < -0.39 is 0 Å². The van der Waals surface area contributed by atoms with Crippen LogP contribution in [0.1, 0.15) is 51.9 Å². The highest BCUT2D eigenvalue weighted by molar-refractivity contribution is 6.30. The third-order valence-electron chi connectivity index (χ3n) is 7.59. The molecular formula is C27H34ClN5O2. The Morgan fingerprint density at radius 2 is 1.77 bits per heavy atom. The second-order valence-electron chi connectivity index (χ2n) is 9.54. The Bertz CT molecular complexity index is 1070. The Morgan fingerprint density at radius 3 is 2.40 bits per heavy atom. The van der Waals surface area contributed by atoms with E-state index in [2.05, 4.69) is 39.1 Å². The molecule has 35 heavy (non-hydrogen) atoms. The lowest BCUT2D eigenvalue weighted by Crippen LogP contribution is -2.37. The molecule has 1 aromatic carbocycles. The molecule has 1 saturated carbocycles. The van der Waals surface area contributed by atoms with Crippen LogP contribution in [0.15, 0.2) is 42.6 Å². The normalized spacial score (nSPS) is 20.7. The zero-order valence-electron chi connectivity index (χ0n) is 20.2. The highest BCUT2D eigenvalue weighted by Gasteiger charge is 2.30. The van der Waals surface area contributed by atoms with Crippen molar-refractivity contribution in [3.05, 3.63) is 47.6 Å². The van der Waals surface area contributed by atoms with Crippen LogP contribution in [0.3, 0.4) is 0 Å². The summed E-state index contributed by atoms with van der Waals surface area (Å²) >= 11 is 6.10. The summed E-state index contributed by atoms with van der Waals surface area (Å²) in [5.41, 5.74) is 1.84. The van der Waals surface area contributed by atoms with Crippen molar-refractivity contribution in [1.82, 2.24) is 20.2 Å². The van der Waals surface area contributed by atoms with Crippen LogP contribution in [0.5, 0.6) is 0 Å². The standard InChI is InChI=1S/C26H32ClN5.CH2O2/c1-2-18-6-8-19(9-7-18)20-12-14-32(15-13-20)24-11-10-22(17-28-24)26-29-25(30-31-26)21-4-3-5-23(27)16-21;2-1-3/h3-5,10-11,16-20H,2,6-9,12-15H2,1H3,(H,29,30,31);1H,(H,2,3). The molecule has 5 rings (SSSR count). The number of anilines is 1. The van der Waals surface area contributed by atoms with Crippen molar-refractivity contribution in [2.45, 2.75) is 51.9 Å². The van der Waals surface area contributed by atoms with Crippen molar-refractivity contribution in [3.8, 4) is 22.8 Å². The molecule has 2 aliphatic rings. The van der Waals surface area contributed by atoms with Crippen molar-refractivity contribution in [2.75, 3.05) is 18.0 Å². The predicted molar refractivity (Wildman–Crippen MR) is 139 cm³/mol. The van der Waals surface area contributed by atoms with Crippen molar-refractivity contribution < 1.29 is 9.90 Å². The minimum absolute atomic E-state index is 0.250. The molecule has 3 aromatic rings. The maximum atomic E-state index is 8.36. The zero-order valence-corrected chi connectivity index (χ0v) is 21.0. The molecule has 2 aromatic heterocycles. The first-order valence-electron chi connectivity index (χ1n) is 12.6. The molecule has 3 heterocycles. The molecule has 0 bridgehead atoms. The van der Waals surface area contributed by atoms with E-state index in [9.17, 15) is 0 Å². The van der Waals surface area contributed by atoms with Gasteiger partial charge in [-0.2, -0.15) is 5.10 Å². The Balaban J connectivity index is 0.000000917. The Labute approximate surface area is 212 Å². The number of nitrogens with one attached hydrogen (secondary N) is 1. The Morgan fingerprint density at radius 1 is 1.06 bits per heavy atom. The van der Waals surface area contributed by atoms with E-state index >= 15 is 0 Å². The van der Waals surface area contributed by atoms with Crippen LogP contribution in [0.2, 0.25) is 5.02 Å². The van der Waals surface area contributed by atoms with Gasteiger partial charge in [-0.15, -0.1) is 0 Å². The summed E-state index contributed by atoms with van der Waals surface area (Å²) in [7, 11) is 0. The van der Waals surface area contributed by atoms with Crippen molar-refractivity contribution in [2.24, 2.45) is 17.8 Å². The first-order chi connectivity index (χ1) is 17.1. The summed E-state index contributed by atoms with van der Waals surface area (Å²) in [6, 6.07) is 11.8. The van der Waals surface area contributed by atoms with Gasteiger partial charge in [0.1, 0.15) is 5.82 Å². The Kier molecular flexibility index (Phi) is 8.74. The van der Waals surface area contributed by atoms with Gasteiger partial charge in [0.05, 0.1) is 0 Å². The van der Waals surface area contributed by atoms with Crippen LogP contribution in [-0.4, -0.2) is 44.8 Å². The van der Waals surface area contributed by atoms with Crippen LogP contribution < -0.4 is 4.90 Å². The second-order valence-corrected chi connectivity index (χ2v) is 9.98. The molecule has 0 atom stereocenters. The van der Waals surface area contributed by atoms with Crippen molar-refractivity contribution >= 4 is 23.9 Å². The van der Waals surface area contributed by atoms with Crippen LogP contribution in [-0.2, 0) is 4.79 Å². The number of hydrogen-bond acceptors (Lipinski definition) is 5. The van der Waals surface area contributed by atoms with Crippen molar-refractivity contribution in [1.29, 1.82) is 0 Å². The number of benzene rings is 1. The third-order valence-corrected chi connectivity index (χ3v) is 7.82. The fraction of sp³-hybridized carbons (Fsp3) is 0.481. The largest absolute Gasteiger partial charge is 0.483 e. The quantitative estimate of drug-likeness (QED) is 0.402. The molecule has 0 radical (unpaired) electrons. The topological polar surface area (TPSA) is 95.0 Å². The van der Waals surface area contributed by atoms with Crippen LogP contribution in [0, 0.1) is 17.8 Å². The lowest BCUT2D eigenvalue weighted by atomic mass is 9.72. The number of carbonyl (C=O) groups is 1. The second kappa shape index (κ2) is 12.2. The summed E-state index contributed by atoms with van der Waals surface area (Å²) in [5, 5.41) is 15.0. The summed E-state index contributed by atoms with van der Waals surface area (Å²) in [4.78, 5) is 20.2. The highest BCUT2D eigenvalue weighted by atomic mass is 35.5. The predicted octanol–water partition coefficient (Wildman–Crippen LogP) is 6.32. The molecule has 0 spiro atoms. The van der Waals surface area contributed by atoms with E-state index in [0.29, 0.717) is 16.7 Å². The lowest BCUT2D eigenvalue weighted by molar-refractivity contribution is -0.122. The van der Waals surface area contributed by atoms with E-state index in [-0.39, 0.29) is 6.47 Å². The van der Waals surface area contributed by atoms with Gasteiger partial charge in [0.15, 0.2) is 11.6 Å². The van der Waals surface area contributed by atoms with Gasteiger partial charge >= 0.3 is 0 Å². The average molecular weight is 496 g/mol. The van der Waals surface area contributed by atoms with Gasteiger partial charge in [-0.3, -0.25) is 9.89 Å². The Hall–Kier alpha value is -2.93. The lowest BCUT2D eigenvalue weighted by Gasteiger charge is -2.39. The van der Waals surface area contributed by atoms with Crippen LogP contribution in [0.25, 0.3) is 22.8 Å². The number of rotatable bonds is 5. The number of aromatic nitrogens is 4. The fourth-order valence-electron chi connectivity index (χ4n) is 5.53. The van der Waals surface area contributed by atoms with Gasteiger partial charge in [0, 0.05) is 35.4 Å². The van der Waals surface area contributed by atoms with E-state index in [1.165, 1.54) is 44.9 Å². The molecule has 0 amide bonds. The van der Waals surface area contributed by atoms with E-state index in [0.717, 1.165) is 47.8 Å². The van der Waals surface area contributed by atoms with Gasteiger partial charge in [0.2, 0.25) is 0 Å². The third kappa shape index (κ3) is 6.40. The zero-order chi connectivity index (χ0) is 24.6. The van der Waals surface area contributed by atoms with E-state index in [1.807, 2.05) is 30.5 Å². The number of H-pyrrole nitrogens is 1. The molecule has 8 heteroatoms. The number of piperidine rings is 1. The highest BCUT2D eigenvalue weighted by Crippen LogP contribution is 2.39. The molecule has 1 aliphatic heterocycles. The fourth-order valence-corrected chi connectivity index (χ4v) is 5.72. The summed E-state index contributed by atoms with van der Waals surface area (Å²) in [5.74, 6) is 5.27. The number of nitrogens with zero attached hydrogens (tertiary/aromatic N) is 4. The number of aromatic amines is 1. The minimum Gasteiger partial charge on any atom is -0.483 e. The molecule has 2 N–H and O–H groups in total. The van der Waals surface area contributed by atoms with E-state index in [4.69, 9.17) is 26.5 Å². The van der Waals surface area contributed by atoms with Crippen LogP contribution in [0.4, 0.5) is 5.82 Å². The maximum absolute atomic E-state index is 8.36. The molecule has 7 nitrogen and oxygen atoms in total. The number of pyridine rings is 1. The minimum atomic E-state index is -0.250. The summed E-state index contributed by atoms with van der Waals surface area (Å²) < 4.78 is 0. The molecule has 1 saturated heterocycles. The number of halogens is 1. The molecule has 1 aliphatic carbocycles. The first kappa shape index (κ1) is 25.2. The van der Waals surface area contributed by atoms with E-state index in [1.54, 1.807) is 0 Å². The van der Waals surface area contributed by atoms with Crippen LogP contribution >= 0.6 is 11.6 Å². The molecule has 0 unspecified atom stereocenters. The average Bonchev–Trinajstić information content (AvgIpc) is 3.40. The molecular weight excluding hydrogens is 462 g/mol. The molecule has 186 valence electrons. The SMILES string of the molecule is CCC1CCC(C2CCN(c3ccc(-c4n[nH]c(-c5cccc(Cl)c5)n4)cn3)CC2)CC1.O=CO. The number of carboxylic acid groups (broad SMARTS) is 1. The number of hydrogen-bond donors (Lipinski definition) is 2. The summed E-state index contributed by atoms with van der Waals surface area (Å²) in [6.45, 7) is 4.33. The molecule has 2 fully saturated rings. The van der Waals surface area contributed by atoms with Gasteiger partial charge in [-0.05, 0) is 67.7 Å². The van der Waals surface area contributed by atoms with Gasteiger partial charge in [-0.25, -0.2) is 9.97 Å². The van der Waals surface area contributed by atoms with Gasteiger partial charge < -0.3 is 10.0 Å². The maximum Gasteiger partial charge on any atom is 0.290 e. The van der Waals surface area contributed by atoms with Gasteiger partial charge in [0.25, 0.3) is 6.47 Å². The van der Waals surface area contributed by atoms with Gasteiger partial charge in [-0.1, -0.05) is 49.9 Å². The monoisotopic (exact) mass is 495 g/mol. The smallest absolute Gasteiger partial charge is 0.290 e.